The lowest BCUT2D eigenvalue weighted by atomic mass is 9.89. The molecule has 0 atom stereocenters. The number of hydrogen-bond donors (Lipinski definition) is 0. The average molecular weight is 428 g/mol. The minimum Gasteiger partial charge on any atom is -0.187 e. The number of rotatable bonds is 0. The maximum Gasteiger partial charge on any atom is 0.215 e. The molecular weight excluding hydrogens is 418 g/mol. The molecule has 0 radical (unpaired) electrons. The molecule has 0 amide bonds. The summed E-state index contributed by atoms with van der Waals surface area (Å²) in [6.45, 7) is 6.51. The van der Waals surface area contributed by atoms with Crippen molar-refractivity contribution in [3.05, 3.63) is 19.2 Å². The molecule has 2 aromatic heterocycles. The highest BCUT2D eigenvalue weighted by Gasteiger charge is 2.20. The van der Waals surface area contributed by atoms with Crippen molar-refractivity contribution in [2.75, 3.05) is 0 Å². The Bertz CT molecular complexity index is 513. The molecule has 80 valence electrons. The van der Waals surface area contributed by atoms with Crippen molar-refractivity contribution < 1.29 is 0 Å². The summed E-state index contributed by atoms with van der Waals surface area (Å²) in [5.74, 6) is 0. The molecule has 2 heterocycles. The van der Waals surface area contributed by atoms with Gasteiger partial charge in [0.25, 0.3) is 0 Å². The fourth-order valence-electron chi connectivity index (χ4n) is 1.31. The summed E-state index contributed by atoms with van der Waals surface area (Å²) in [6.07, 6.45) is 0. The van der Waals surface area contributed by atoms with Crippen molar-refractivity contribution >= 4 is 50.8 Å². The zero-order valence-corrected chi connectivity index (χ0v) is 12.9. The number of hydrogen-bond acceptors (Lipinski definition) is 3. The summed E-state index contributed by atoms with van der Waals surface area (Å²) in [6, 6.07) is 2.06. The largest absolute Gasteiger partial charge is 0.215 e. The SMILES string of the molecule is CC(C)(C)c1cc2nnc(I)n2nc1I. The van der Waals surface area contributed by atoms with Crippen LogP contribution in [0.3, 0.4) is 0 Å². The topological polar surface area (TPSA) is 43.1 Å². The van der Waals surface area contributed by atoms with Crippen LogP contribution in [-0.4, -0.2) is 19.8 Å². The molecule has 0 bridgehead atoms. The summed E-state index contributed by atoms with van der Waals surface area (Å²) in [5, 5.41) is 12.5. The van der Waals surface area contributed by atoms with Gasteiger partial charge in [0.15, 0.2) is 5.65 Å². The van der Waals surface area contributed by atoms with E-state index in [9.17, 15) is 0 Å². The van der Waals surface area contributed by atoms with Crippen molar-refractivity contribution in [3.8, 4) is 0 Å². The van der Waals surface area contributed by atoms with Gasteiger partial charge in [-0.1, -0.05) is 20.8 Å². The minimum atomic E-state index is 0.0860. The van der Waals surface area contributed by atoms with Gasteiger partial charge in [-0.25, -0.2) is 0 Å². The van der Waals surface area contributed by atoms with Gasteiger partial charge >= 0.3 is 0 Å². The molecule has 0 fully saturated rings. The average Bonchev–Trinajstić information content (AvgIpc) is 2.45. The lowest BCUT2D eigenvalue weighted by Gasteiger charge is -2.19. The Balaban J connectivity index is 2.74. The van der Waals surface area contributed by atoms with Crippen LogP contribution in [0.25, 0.3) is 5.65 Å². The summed E-state index contributed by atoms with van der Waals surface area (Å²) in [5.41, 5.74) is 2.10. The molecular formula is C9H10I2N4. The second-order valence-electron chi connectivity index (χ2n) is 4.34. The summed E-state index contributed by atoms with van der Waals surface area (Å²) in [4.78, 5) is 0. The van der Waals surface area contributed by atoms with Gasteiger partial charge in [-0.2, -0.15) is 9.61 Å². The number of aromatic nitrogens is 4. The molecule has 15 heavy (non-hydrogen) atoms. The van der Waals surface area contributed by atoms with Crippen LogP contribution in [0.15, 0.2) is 6.07 Å². The summed E-state index contributed by atoms with van der Waals surface area (Å²) < 4.78 is 3.56. The van der Waals surface area contributed by atoms with E-state index in [2.05, 4.69) is 87.3 Å². The van der Waals surface area contributed by atoms with Crippen molar-refractivity contribution in [1.82, 2.24) is 19.8 Å². The Labute approximate surface area is 115 Å². The van der Waals surface area contributed by atoms with E-state index in [4.69, 9.17) is 0 Å². The first kappa shape index (κ1) is 11.5. The first-order valence-corrected chi connectivity index (χ1v) is 6.63. The van der Waals surface area contributed by atoms with E-state index in [1.165, 1.54) is 5.56 Å². The molecule has 0 N–H and O–H groups in total. The fraction of sp³-hybridized carbons (Fsp3) is 0.444. The third kappa shape index (κ3) is 2.10. The third-order valence-electron chi connectivity index (χ3n) is 2.12. The molecule has 0 unspecified atom stereocenters. The molecule has 0 aliphatic carbocycles. The highest BCUT2D eigenvalue weighted by atomic mass is 127. The molecule has 0 spiro atoms. The van der Waals surface area contributed by atoms with E-state index in [0.29, 0.717) is 0 Å². The number of halogens is 2. The van der Waals surface area contributed by atoms with Gasteiger partial charge in [0, 0.05) is 22.6 Å². The Morgan fingerprint density at radius 2 is 1.87 bits per heavy atom. The van der Waals surface area contributed by atoms with Crippen LogP contribution in [0, 0.1) is 7.53 Å². The van der Waals surface area contributed by atoms with Crippen LogP contribution in [-0.2, 0) is 5.41 Å². The Morgan fingerprint density at radius 3 is 2.47 bits per heavy atom. The fourth-order valence-corrected chi connectivity index (χ4v) is 2.95. The Hall–Kier alpha value is 0.01000. The van der Waals surface area contributed by atoms with E-state index in [1.54, 1.807) is 4.52 Å². The number of nitrogens with zero attached hydrogens (tertiary/aromatic N) is 4. The molecule has 0 saturated carbocycles. The van der Waals surface area contributed by atoms with Crippen molar-refractivity contribution in [3.63, 3.8) is 0 Å². The van der Waals surface area contributed by atoms with Gasteiger partial charge in [-0.15, -0.1) is 10.2 Å². The zero-order valence-electron chi connectivity index (χ0n) is 8.62. The quantitative estimate of drug-likeness (QED) is 0.607. The molecule has 2 aromatic rings. The van der Waals surface area contributed by atoms with Crippen LogP contribution in [0.2, 0.25) is 0 Å². The van der Waals surface area contributed by atoms with E-state index in [0.717, 1.165) is 13.2 Å². The van der Waals surface area contributed by atoms with Crippen LogP contribution in [0.1, 0.15) is 26.3 Å². The maximum atomic E-state index is 4.47. The molecule has 0 aliphatic heterocycles. The van der Waals surface area contributed by atoms with Crippen molar-refractivity contribution in [2.24, 2.45) is 0 Å². The van der Waals surface area contributed by atoms with Crippen LogP contribution in [0.5, 0.6) is 0 Å². The first-order valence-electron chi connectivity index (χ1n) is 4.47. The van der Waals surface area contributed by atoms with Gasteiger partial charge in [0.1, 0.15) is 3.70 Å². The molecule has 4 nitrogen and oxygen atoms in total. The summed E-state index contributed by atoms with van der Waals surface area (Å²) in [7, 11) is 0. The van der Waals surface area contributed by atoms with Crippen molar-refractivity contribution in [1.29, 1.82) is 0 Å². The van der Waals surface area contributed by atoms with Crippen LogP contribution < -0.4 is 0 Å². The monoisotopic (exact) mass is 428 g/mol. The summed E-state index contributed by atoms with van der Waals surface area (Å²) >= 11 is 4.38. The predicted octanol–water partition coefficient (Wildman–Crippen LogP) is 2.63. The van der Waals surface area contributed by atoms with Gasteiger partial charge < -0.3 is 0 Å². The van der Waals surface area contributed by atoms with Gasteiger partial charge in [-0.3, -0.25) is 0 Å². The first-order chi connectivity index (χ1) is 6.89. The smallest absolute Gasteiger partial charge is 0.187 e. The zero-order chi connectivity index (χ0) is 11.2. The van der Waals surface area contributed by atoms with Crippen LogP contribution in [0.4, 0.5) is 0 Å². The Morgan fingerprint density at radius 1 is 1.20 bits per heavy atom. The second kappa shape index (κ2) is 3.79. The molecule has 6 heteroatoms. The Kier molecular flexibility index (Phi) is 2.91. The normalized spacial score (nSPS) is 12.3. The van der Waals surface area contributed by atoms with E-state index >= 15 is 0 Å². The lowest BCUT2D eigenvalue weighted by Crippen LogP contribution is -2.15. The highest BCUT2D eigenvalue weighted by Crippen LogP contribution is 2.26. The highest BCUT2D eigenvalue weighted by molar-refractivity contribution is 14.1. The second-order valence-corrected chi connectivity index (χ2v) is 6.32. The maximum absolute atomic E-state index is 4.47. The number of fused-ring (bicyclic) bond motifs is 1. The molecule has 2 rings (SSSR count). The minimum absolute atomic E-state index is 0.0860. The van der Waals surface area contributed by atoms with Crippen molar-refractivity contribution in [2.45, 2.75) is 26.2 Å². The van der Waals surface area contributed by atoms with Crippen LogP contribution >= 0.6 is 45.2 Å². The predicted molar refractivity (Wildman–Crippen MR) is 74.9 cm³/mol. The third-order valence-corrected chi connectivity index (χ3v) is 3.59. The van der Waals surface area contributed by atoms with Gasteiger partial charge in [0.2, 0.25) is 3.83 Å². The van der Waals surface area contributed by atoms with Gasteiger partial charge in [-0.05, 0) is 39.6 Å². The van der Waals surface area contributed by atoms with E-state index in [1.807, 2.05) is 0 Å². The molecule has 0 aliphatic rings. The van der Waals surface area contributed by atoms with E-state index in [-0.39, 0.29) is 5.41 Å². The van der Waals surface area contributed by atoms with E-state index < -0.39 is 0 Å². The lowest BCUT2D eigenvalue weighted by molar-refractivity contribution is 0.578. The molecule has 0 saturated heterocycles. The standard InChI is InChI=1S/C9H10I2N4/c1-9(2,3)5-4-6-12-13-8(11)15(6)14-7(5)10/h4H,1-3H3. The molecule has 0 aromatic carbocycles. The van der Waals surface area contributed by atoms with Gasteiger partial charge in [0.05, 0.1) is 0 Å².